The molecule has 1 aliphatic rings. The van der Waals surface area contributed by atoms with Crippen LogP contribution in [0.1, 0.15) is 38.8 Å². The van der Waals surface area contributed by atoms with Crippen LogP contribution in [-0.2, 0) is 4.79 Å². The van der Waals surface area contributed by atoms with Crippen LogP contribution in [0.4, 0.5) is 8.78 Å². The number of allylic oxidation sites excluding steroid dienone is 1. The highest BCUT2D eigenvalue weighted by molar-refractivity contribution is 5.97. The van der Waals surface area contributed by atoms with Crippen molar-refractivity contribution in [1.82, 2.24) is 15.3 Å². The molecule has 1 unspecified atom stereocenters. The molecule has 4 rings (SSSR count). The molecule has 0 radical (unpaired) electrons. The summed E-state index contributed by atoms with van der Waals surface area (Å²) >= 11 is 0. The maximum atomic E-state index is 14.9. The summed E-state index contributed by atoms with van der Waals surface area (Å²) in [5, 5.41) is 13.2. The minimum Gasteiger partial charge on any atom is -0.496 e. The predicted molar refractivity (Wildman–Crippen MR) is 123 cm³/mol. The number of fused-ring (bicyclic) bond motifs is 1. The van der Waals surface area contributed by atoms with Crippen LogP contribution in [0.15, 0.2) is 36.5 Å². The number of rotatable bonds is 7. The van der Waals surface area contributed by atoms with Crippen molar-refractivity contribution in [3.63, 3.8) is 0 Å². The maximum absolute atomic E-state index is 14.9. The molecule has 0 spiro atoms. The van der Waals surface area contributed by atoms with Gasteiger partial charge in [-0.1, -0.05) is 19.9 Å². The molecule has 1 aliphatic carbocycles. The third-order valence-electron chi connectivity index (χ3n) is 6.15. The van der Waals surface area contributed by atoms with E-state index in [1.807, 2.05) is 19.9 Å². The number of nitrogens with one attached hydrogen (secondary N) is 2. The van der Waals surface area contributed by atoms with Crippen molar-refractivity contribution >= 4 is 22.6 Å². The summed E-state index contributed by atoms with van der Waals surface area (Å²) in [7, 11) is 1.46. The third kappa shape index (κ3) is 4.61. The van der Waals surface area contributed by atoms with Gasteiger partial charge in [-0.25, -0.2) is 13.8 Å². The molecular formula is C25H27F2N3O3. The Hall–Kier alpha value is -3.26. The standard InChI is InChI=1S/C25H27F2N3O3/c1-13(2)23(25(31)32)29-16-7-4-14(5-8-16)20-11-18-22(19(27)12-28-24(18)30-20)17-10-15(26)6-9-21(17)33-3/h4,6,9-13,16,23,29H,5,7-8H2,1-3H3,(H,28,30)(H,31,32)/t16?,23-/m1/s1. The van der Waals surface area contributed by atoms with Crippen molar-refractivity contribution in [3.05, 3.63) is 53.9 Å². The Balaban J connectivity index is 1.65. The minimum atomic E-state index is -0.844. The molecule has 174 valence electrons. The zero-order chi connectivity index (χ0) is 23.7. The highest BCUT2D eigenvalue weighted by atomic mass is 19.1. The average molecular weight is 456 g/mol. The van der Waals surface area contributed by atoms with Crippen LogP contribution in [0.2, 0.25) is 0 Å². The summed E-state index contributed by atoms with van der Waals surface area (Å²) < 4.78 is 34.2. The summed E-state index contributed by atoms with van der Waals surface area (Å²) in [6.07, 6.45) is 5.40. The van der Waals surface area contributed by atoms with E-state index in [9.17, 15) is 18.7 Å². The van der Waals surface area contributed by atoms with Crippen LogP contribution in [0.3, 0.4) is 0 Å². The number of hydrogen-bond acceptors (Lipinski definition) is 4. The highest BCUT2D eigenvalue weighted by Gasteiger charge is 2.26. The Morgan fingerprint density at radius 3 is 2.73 bits per heavy atom. The Morgan fingerprint density at radius 2 is 2.09 bits per heavy atom. The lowest BCUT2D eigenvalue weighted by molar-refractivity contribution is -0.140. The number of nitrogens with zero attached hydrogens (tertiary/aromatic N) is 1. The van der Waals surface area contributed by atoms with E-state index in [4.69, 9.17) is 4.74 Å². The first kappa shape index (κ1) is 22.9. The maximum Gasteiger partial charge on any atom is 0.320 e. The van der Waals surface area contributed by atoms with Crippen molar-refractivity contribution in [1.29, 1.82) is 0 Å². The van der Waals surface area contributed by atoms with Crippen molar-refractivity contribution in [2.45, 2.75) is 45.2 Å². The van der Waals surface area contributed by atoms with Crippen LogP contribution in [0, 0.1) is 17.6 Å². The summed E-state index contributed by atoms with van der Waals surface area (Å²) in [5.41, 5.74) is 2.93. The molecule has 0 fully saturated rings. The van der Waals surface area contributed by atoms with Crippen molar-refractivity contribution in [2.75, 3.05) is 7.11 Å². The van der Waals surface area contributed by atoms with E-state index < -0.39 is 23.6 Å². The number of H-pyrrole nitrogens is 1. The van der Waals surface area contributed by atoms with Crippen LogP contribution in [0.25, 0.3) is 27.7 Å². The molecule has 0 bridgehead atoms. The Kier molecular flexibility index (Phi) is 6.47. The quantitative estimate of drug-likeness (QED) is 0.459. The van der Waals surface area contributed by atoms with Crippen molar-refractivity contribution < 1.29 is 23.4 Å². The molecule has 33 heavy (non-hydrogen) atoms. The van der Waals surface area contributed by atoms with Gasteiger partial charge in [0, 0.05) is 28.2 Å². The first-order valence-corrected chi connectivity index (χ1v) is 11.0. The smallest absolute Gasteiger partial charge is 0.320 e. The van der Waals surface area contributed by atoms with Gasteiger partial charge >= 0.3 is 5.97 Å². The minimum absolute atomic E-state index is 0.0132. The molecule has 2 aromatic heterocycles. The van der Waals surface area contributed by atoms with Gasteiger partial charge in [-0.2, -0.15) is 0 Å². The second kappa shape index (κ2) is 9.31. The monoisotopic (exact) mass is 455 g/mol. The normalized spacial score (nSPS) is 17.3. The SMILES string of the molecule is COc1ccc(F)cc1-c1c(F)cnc2[nH]c(C3=CCC(N[C@@H](C(=O)O)C(C)C)CC3)cc12. The number of carbonyl (C=O) groups is 1. The van der Waals surface area contributed by atoms with Gasteiger partial charge in [0.05, 0.1) is 13.3 Å². The number of pyridine rings is 1. The molecule has 0 amide bonds. The first-order chi connectivity index (χ1) is 15.8. The first-order valence-electron chi connectivity index (χ1n) is 11.0. The molecule has 3 aromatic rings. The number of benzene rings is 1. The van der Waals surface area contributed by atoms with E-state index in [0.29, 0.717) is 28.8 Å². The number of aliphatic carboxylic acids is 1. The van der Waals surface area contributed by atoms with E-state index in [1.54, 1.807) is 0 Å². The van der Waals surface area contributed by atoms with Crippen molar-refractivity contribution in [3.8, 4) is 16.9 Å². The number of carboxylic acid groups (broad SMARTS) is 1. The predicted octanol–water partition coefficient (Wildman–Crippen LogP) is 5.15. The molecular weight excluding hydrogens is 428 g/mol. The molecule has 8 heteroatoms. The largest absolute Gasteiger partial charge is 0.496 e. The van der Waals surface area contributed by atoms with Crippen LogP contribution < -0.4 is 10.1 Å². The van der Waals surface area contributed by atoms with Gasteiger partial charge in [0.25, 0.3) is 0 Å². The molecule has 2 heterocycles. The number of ether oxygens (including phenoxy) is 1. The van der Waals surface area contributed by atoms with Gasteiger partial charge in [-0.05, 0) is 55.0 Å². The van der Waals surface area contributed by atoms with Gasteiger partial charge in [0.1, 0.15) is 29.1 Å². The highest BCUT2D eigenvalue weighted by Crippen LogP contribution is 2.38. The lowest BCUT2D eigenvalue weighted by atomic mass is 9.91. The molecule has 0 saturated carbocycles. The molecule has 0 saturated heterocycles. The molecule has 2 atom stereocenters. The fourth-order valence-corrected chi connectivity index (χ4v) is 4.41. The van der Waals surface area contributed by atoms with E-state index in [1.165, 1.54) is 25.3 Å². The summed E-state index contributed by atoms with van der Waals surface area (Å²) in [6, 6.07) is 5.32. The van der Waals surface area contributed by atoms with Gasteiger partial charge in [-0.15, -0.1) is 0 Å². The van der Waals surface area contributed by atoms with E-state index in [0.717, 1.165) is 30.3 Å². The van der Waals surface area contributed by atoms with Crippen molar-refractivity contribution in [2.24, 2.45) is 5.92 Å². The Labute approximate surface area is 190 Å². The number of methoxy groups -OCH3 is 1. The van der Waals surface area contributed by atoms with E-state index in [2.05, 4.69) is 21.4 Å². The van der Waals surface area contributed by atoms with Gasteiger partial charge in [0.15, 0.2) is 0 Å². The summed E-state index contributed by atoms with van der Waals surface area (Å²) in [6.45, 7) is 3.77. The van der Waals surface area contributed by atoms with Gasteiger partial charge < -0.3 is 20.1 Å². The number of aromatic amines is 1. The average Bonchev–Trinajstić information content (AvgIpc) is 3.21. The van der Waals surface area contributed by atoms with Crippen LogP contribution in [-0.4, -0.2) is 40.2 Å². The van der Waals surface area contributed by atoms with Gasteiger partial charge in [0.2, 0.25) is 0 Å². The Morgan fingerprint density at radius 1 is 1.30 bits per heavy atom. The fraction of sp³-hybridized carbons (Fsp3) is 0.360. The van der Waals surface area contributed by atoms with Crippen LogP contribution in [0.5, 0.6) is 5.75 Å². The molecule has 0 aliphatic heterocycles. The summed E-state index contributed by atoms with van der Waals surface area (Å²) in [4.78, 5) is 18.9. The number of halogens is 2. The zero-order valence-electron chi connectivity index (χ0n) is 18.8. The number of carboxylic acids is 1. The number of hydrogen-bond donors (Lipinski definition) is 3. The summed E-state index contributed by atoms with van der Waals surface area (Å²) in [5.74, 6) is -1.54. The molecule has 1 aromatic carbocycles. The molecule has 3 N–H and O–H groups in total. The zero-order valence-corrected chi connectivity index (χ0v) is 18.8. The topological polar surface area (TPSA) is 87.2 Å². The van der Waals surface area contributed by atoms with Gasteiger partial charge in [-0.3, -0.25) is 4.79 Å². The number of aromatic nitrogens is 2. The fourth-order valence-electron chi connectivity index (χ4n) is 4.41. The van der Waals surface area contributed by atoms with E-state index in [-0.39, 0.29) is 17.5 Å². The Bertz CT molecular complexity index is 1220. The lowest BCUT2D eigenvalue weighted by Gasteiger charge is -2.28. The van der Waals surface area contributed by atoms with Crippen LogP contribution >= 0.6 is 0 Å². The second-order valence-electron chi connectivity index (χ2n) is 8.70. The van der Waals surface area contributed by atoms with E-state index >= 15 is 0 Å². The third-order valence-corrected chi connectivity index (χ3v) is 6.15. The lowest BCUT2D eigenvalue weighted by Crippen LogP contribution is -2.46. The molecule has 6 nitrogen and oxygen atoms in total. The second-order valence-corrected chi connectivity index (χ2v) is 8.70.